The van der Waals surface area contributed by atoms with Crippen molar-refractivity contribution in [2.75, 3.05) is 11.9 Å². The highest BCUT2D eigenvalue weighted by molar-refractivity contribution is 5.78. The molecule has 1 amide bonds. The van der Waals surface area contributed by atoms with Crippen LogP contribution in [0.3, 0.4) is 0 Å². The van der Waals surface area contributed by atoms with Crippen LogP contribution >= 0.6 is 0 Å². The number of aryl methyl sites for hydroxylation is 2. The van der Waals surface area contributed by atoms with E-state index in [0.29, 0.717) is 19.5 Å². The standard InChI is InChI=1S/C22H23N5O2/c1-15-4-3-5-17(12-15)21-22(27-11-10-23-14-19(27)26-21)24-9-8-20(28)25-13-18-7-6-16(2)29-18/h3-7,10-12,14,24H,8-9,13H2,1-2H3,(H,25,28). The van der Waals surface area contributed by atoms with E-state index < -0.39 is 0 Å². The summed E-state index contributed by atoms with van der Waals surface area (Å²) in [6.07, 6.45) is 5.65. The number of fused-ring (bicyclic) bond motifs is 1. The lowest BCUT2D eigenvalue weighted by molar-refractivity contribution is -0.121. The van der Waals surface area contributed by atoms with Crippen molar-refractivity contribution in [1.29, 1.82) is 0 Å². The van der Waals surface area contributed by atoms with Crippen LogP contribution in [-0.4, -0.2) is 26.8 Å². The molecule has 0 aliphatic heterocycles. The molecule has 7 nitrogen and oxygen atoms in total. The minimum Gasteiger partial charge on any atom is -0.465 e. The third kappa shape index (κ3) is 4.29. The quantitative estimate of drug-likeness (QED) is 0.503. The molecular formula is C22H23N5O2. The smallest absolute Gasteiger partial charge is 0.222 e. The predicted molar refractivity (Wildman–Crippen MR) is 112 cm³/mol. The molecule has 3 aromatic heterocycles. The van der Waals surface area contributed by atoms with Crippen molar-refractivity contribution in [3.8, 4) is 11.3 Å². The van der Waals surface area contributed by atoms with Crippen LogP contribution in [-0.2, 0) is 11.3 Å². The van der Waals surface area contributed by atoms with Gasteiger partial charge in [-0.25, -0.2) is 4.98 Å². The zero-order valence-corrected chi connectivity index (χ0v) is 16.5. The fraction of sp³-hybridized carbons (Fsp3) is 0.227. The average Bonchev–Trinajstić information content (AvgIpc) is 3.30. The van der Waals surface area contributed by atoms with Gasteiger partial charge in [-0.05, 0) is 32.0 Å². The van der Waals surface area contributed by atoms with E-state index in [9.17, 15) is 4.79 Å². The van der Waals surface area contributed by atoms with Gasteiger partial charge in [0.05, 0.1) is 12.7 Å². The molecule has 0 fully saturated rings. The maximum atomic E-state index is 12.2. The second-order valence-electron chi connectivity index (χ2n) is 6.95. The largest absolute Gasteiger partial charge is 0.465 e. The molecular weight excluding hydrogens is 366 g/mol. The fourth-order valence-electron chi connectivity index (χ4n) is 3.22. The summed E-state index contributed by atoms with van der Waals surface area (Å²) in [5, 5.41) is 6.25. The fourth-order valence-corrected chi connectivity index (χ4v) is 3.22. The monoisotopic (exact) mass is 389 g/mol. The topological polar surface area (TPSA) is 84.5 Å². The van der Waals surface area contributed by atoms with E-state index in [0.717, 1.165) is 39.8 Å². The van der Waals surface area contributed by atoms with Gasteiger partial charge in [-0.1, -0.05) is 23.8 Å². The number of furan rings is 1. The summed E-state index contributed by atoms with van der Waals surface area (Å²) in [5.74, 6) is 2.39. The van der Waals surface area contributed by atoms with E-state index in [-0.39, 0.29) is 5.91 Å². The number of imidazole rings is 1. The molecule has 7 heteroatoms. The highest BCUT2D eigenvalue weighted by Crippen LogP contribution is 2.29. The van der Waals surface area contributed by atoms with Gasteiger partial charge in [0.25, 0.3) is 0 Å². The number of anilines is 1. The van der Waals surface area contributed by atoms with Crippen LogP contribution in [0.2, 0.25) is 0 Å². The van der Waals surface area contributed by atoms with Crippen LogP contribution in [0.4, 0.5) is 5.82 Å². The summed E-state index contributed by atoms with van der Waals surface area (Å²) < 4.78 is 7.42. The first-order chi connectivity index (χ1) is 14.1. The molecule has 1 aromatic carbocycles. The lowest BCUT2D eigenvalue weighted by atomic mass is 10.1. The number of hydrogen-bond acceptors (Lipinski definition) is 5. The van der Waals surface area contributed by atoms with Crippen LogP contribution in [0.15, 0.2) is 59.4 Å². The van der Waals surface area contributed by atoms with Crippen molar-refractivity contribution in [2.45, 2.75) is 26.8 Å². The van der Waals surface area contributed by atoms with Gasteiger partial charge in [-0.15, -0.1) is 0 Å². The predicted octanol–water partition coefficient (Wildman–Crippen LogP) is 3.72. The number of nitrogens with zero attached hydrogens (tertiary/aromatic N) is 3. The molecule has 0 unspecified atom stereocenters. The molecule has 4 rings (SSSR count). The Kier molecular flexibility index (Phi) is 5.29. The van der Waals surface area contributed by atoms with E-state index in [1.165, 1.54) is 0 Å². The minimum absolute atomic E-state index is 0.0425. The van der Waals surface area contributed by atoms with Gasteiger partial charge >= 0.3 is 0 Å². The molecule has 148 valence electrons. The molecule has 0 atom stereocenters. The van der Waals surface area contributed by atoms with Crippen molar-refractivity contribution >= 4 is 17.4 Å². The first-order valence-electron chi connectivity index (χ1n) is 9.55. The number of hydrogen-bond donors (Lipinski definition) is 2. The number of amides is 1. The zero-order valence-electron chi connectivity index (χ0n) is 16.5. The van der Waals surface area contributed by atoms with Crippen molar-refractivity contribution < 1.29 is 9.21 Å². The van der Waals surface area contributed by atoms with E-state index in [1.807, 2.05) is 41.8 Å². The Hall–Kier alpha value is -3.61. The molecule has 3 heterocycles. The van der Waals surface area contributed by atoms with Gasteiger partial charge in [-0.2, -0.15) is 0 Å². The Morgan fingerprint density at radius 2 is 2.10 bits per heavy atom. The Morgan fingerprint density at radius 3 is 2.90 bits per heavy atom. The Bertz CT molecular complexity index is 1150. The van der Waals surface area contributed by atoms with Crippen LogP contribution in [0, 0.1) is 13.8 Å². The second kappa shape index (κ2) is 8.18. The normalized spacial score (nSPS) is 11.0. The maximum Gasteiger partial charge on any atom is 0.222 e. The lowest BCUT2D eigenvalue weighted by Gasteiger charge is -2.09. The lowest BCUT2D eigenvalue weighted by Crippen LogP contribution is -2.24. The Balaban J connectivity index is 1.46. The van der Waals surface area contributed by atoms with Crippen molar-refractivity contribution in [1.82, 2.24) is 19.7 Å². The third-order valence-corrected chi connectivity index (χ3v) is 4.62. The summed E-state index contributed by atoms with van der Waals surface area (Å²) in [4.78, 5) is 21.1. The number of carbonyl (C=O) groups excluding carboxylic acids is 1. The van der Waals surface area contributed by atoms with Gasteiger partial charge in [0.15, 0.2) is 5.65 Å². The Labute approximate surface area is 168 Å². The molecule has 0 radical (unpaired) electrons. The molecule has 2 N–H and O–H groups in total. The molecule has 29 heavy (non-hydrogen) atoms. The number of benzene rings is 1. The molecule has 4 aromatic rings. The van der Waals surface area contributed by atoms with Crippen LogP contribution < -0.4 is 10.6 Å². The van der Waals surface area contributed by atoms with Gasteiger partial charge < -0.3 is 15.1 Å². The third-order valence-electron chi connectivity index (χ3n) is 4.62. The Morgan fingerprint density at radius 1 is 1.21 bits per heavy atom. The summed E-state index contributed by atoms with van der Waals surface area (Å²) in [7, 11) is 0. The molecule has 0 saturated heterocycles. The van der Waals surface area contributed by atoms with E-state index in [4.69, 9.17) is 9.40 Å². The molecule has 0 aliphatic rings. The number of nitrogens with one attached hydrogen (secondary N) is 2. The van der Waals surface area contributed by atoms with Crippen molar-refractivity contribution in [3.63, 3.8) is 0 Å². The summed E-state index contributed by atoms with van der Waals surface area (Å²) >= 11 is 0. The highest BCUT2D eigenvalue weighted by Gasteiger charge is 2.14. The first kappa shape index (κ1) is 18.7. The summed E-state index contributed by atoms with van der Waals surface area (Å²) in [5.41, 5.74) is 3.78. The van der Waals surface area contributed by atoms with E-state index >= 15 is 0 Å². The first-order valence-corrected chi connectivity index (χ1v) is 9.55. The van der Waals surface area contributed by atoms with Crippen LogP contribution in [0.5, 0.6) is 0 Å². The van der Waals surface area contributed by atoms with E-state index in [1.54, 1.807) is 12.4 Å². The summed E-state index contributed by atoms with van der Waals surface area (Å²) in [6.45, 7) is 4.81. The molecule has 0 bridgehead atoms. The molecule has 0 spiro atoms. The second-order valence-corrected chi connectivity index (χ2v) is 6.95. The SMILES string of the molecule is Cc1cccc(-c2nc3cnccn3c2NCCC(=O)NCc2ccc(C)o2)c1. The number of aromatic nitrogens is 3. The van der Waals surface area contributed by atoms with Crippen molar-refractivity contribution in [2.24, 2.45) is 0 Å². The van der Waals surface area contributed by atoms with Gasteiger partial charge in [0.1, 0.15) is 23.0 Å². The maximum absolute atomic E-state index is 12.2. The van der Waals surface area contributed by atoms with Crippen LogP contribution in [0.25, 0.3) is 16.9 Å². The van der Waals surface area contributed by atoms with Gasteiger partial charge in [0, 0.05) is 30.9 Å². The van der Waals surface area contributed by atoms with E-state index in [2.05, 4.69) is 34.7 Å². The van der Waals surface area contributed by atoms with Crippen molar-refractivity contribution in [3.05, 3.63) is 72.1 Å². The average molecular weight is 389 g/mol. The number of carbonyl (C=O) groups is 1. The minimum atomic E-state index is -0.0425. The zero-order chi connectivity index (χ0) is 20.2. The summed E-state index contributed by atoms with van der Waals surface area (Å²) in [6, 6.07) is 12.0. The van der Waals surface area contributed by atoms with Crippen LogP contribution in [0.1, 0.15) is 23.5 Å². The molecule has 0 aliphatic carbocycles. The van der Waals surface area contributed by atoms with Gasteiger partial charge in [-0.3, -0.25) is 14.2 Å². The van der Waals surface area contributed by atoms with Gasteiger partial charge in [0.2, 0.25) is 5.91 Å². The highest BCUT2D eigenvalue weighted by atomic mass is 16.3. The number of rotatable bonds is 7. The molecule has 0 saturated carbocycles.